The van der Waals surface area contributed by atoms with Gasteiger partial charge in [0.05, 0.1) is 29.5 Å². The van der Waals surface area contributed by atoms with E-state index in [9.17, 15) is 4.79 Å². The van der Waals surface area contributed by atoms with E-state index in [1.54, 1.807) is 24.2 Å². The number of amides is 1. The molecule has 0 atom stereocenters. The molecule has 0 saturated heterocycles. The van der Waals surface area contributed by atoms with Gasteiger partial charge in [-0.15, -0.1) is 0 Å². The molecule has 29 heavy (non-hydrogen) atoms. The predicted octanol–water partition coefficient (Wildman–Crippen LogP) is 4.25. The van der Waals surface area contributed by atoms with Gasteiger partial charge in [0.1, 0.15) is 12.0 Å². The third-order valence-electron chi connectivity index (χ3n) is 4.86. The molecule has 0 aliphatic rings. The van der Waals surface area contributed by atoms with Gasteiger partial charge >= 0.3 is 0 Å². The minimum Gasteiger partial charge on any atom is -0.364 e. The zero-order chi connectivity index (χ0) is 20.5. The van der Waals surface area contributed by atoms with Crippen LogP contribution in [-0.2, 0) is 6.54 Å². The normalized spacial score (nSPS) is 11.3. The molecule has 0 aliphatic heterocycles. The number of aromatic nitrogens is 4. The Labute approximate surface area is 168 Å². The minimum absolute atomic E-state index is 0.0956. The smallest absolute Gasteiger partial charge is 0.254 e. The van der Waals surface area contributed by atoms with Crippen molar-refractivity contribution >= 4 is 16.8 Å². The Hall–Kier alpha value is -3.48. The second-order valence-electron chi connectivity index (χ2n) is 7.53. The van der Waals surface area contributed by atoms with Crippen LogP contribution in [0.15, 0.2) is 53.5 Å². The van der Waals surface area contributed by atoms with E-state index < -0.39 is 0 Å². The summed E-state index contributed by atoms with van der Waals surface area (Å²) in [6.45, 7) is 6.53. The highest BCUT2D eigenvalue weighted by atomic mass is 16.5. The van der Waals surface area contributed by atoms with Gasteiger partial charge in [-0.25, -0.2) is 4.98 Å². The summed E-state index contributed by atoms with van der Waals surface area (Å²) in [5.41, 5.74) is 4.80. The lowest BCUT2D eigenvalue weighted by atomic mass is 10.0. The fourth-order valence-corrected chi connectivity index (χ4v) is 3.26. The topological polar surface area (TPSA) is 77.0 Å². The van der Waals surface area contributed by atoms with Crippen molar-refractivity contribution < 1.29 is 9.32 Å². The zero-order valence-electron chi connectivity index (χ0n) is 17.0. The molecule has 0 bridgehead atoms. The van der Waals surface area contributed by atoms with Crippen LogP contribution < -0.4 is 0 Å². The molecule has 0 radical (unpaired) electrons. The van der Waals surface area contributed by atoms with Crippen molar-refractivity contribution in [2.45, 2.75) is 33.4 Å². The number of benzene rings is 1. The van der Waals surface area contributed by atoms with Gasteiger partial charge in [-0.2, -0.15) is 5.10 Å². The largest absolute Gasteiger partial charge is 0.364 e. The molecule has 7 nitrogen and oxygen atoms in total. The van der Waals surface area contributed by atoms with E-state index in [0.717, 1.165) is 27.7 Å². The lowest BCUT2D eigenvalue weighted by molar-refractivity contribution is 0.0784. The standard InChI is InChI=1S/C22H23N5O2/c1-14(2)27-12-16(11-23-27)20-10-19(18-6-5-15(3)9-21(18)24-20)22(28)26(4)13-17-7-8-29-25-17/h5-12,14H,13H2,1-4H3. The Morgan fingerprint density at radius 3 is 2.76 bits per heavy atom. The maximum Gasteiger partial charge on any atom is 0.254 e. The van der Waals surface area contributed by atoms with Gasteiger partial charge in [-0.05, 0) is 38.5 Å². The molecule has 0 saturated carbocycles. The van der Waals surface area contributed by atoms with Crippen LogP contribution in [0.1, 0.15) is 41.5 Å². The van der Waals surface area contributed by atoms with Crippen molar-refractivity contribution in [2.75, 3.05) is 7.05 Å². The van der Waals surface area contributed by atoms with Crippen LogP contribution in [0.2, 0.25) is 0 Å². The molecule has 4 rings (SSSR count). The first-order chi connectivity index (χ1) is 13.9. The summed E-state index contributed by atoms with van der Waals surface area (Å²) < 4.78 is 6.76. The molecular weight excluding hydrogens is 366 g/mol. The number of carbonyl (C=O) groups is 1. The van der Waals surface area contributed by atoms with Crippen molar-refractivity contribution in [1.29, 1.82) is 0 Å². The highest BCUT2D eigenvalue weighted by Crippen LogP contribution is 2.27. The maximum atomic E-state index is 13.3. The molecule has 7 heteroatoms. The van der Waals surface area contributed by atoms with Crippen molar-refractivity contribution in [3.05, 3.63) is 65.8 Å². The number of pyridine rings is 1. The number of fused-ring (bicyclic) bond motifs is 1. The van der Waals surface area contributed by atoms with Gasteiger partial charge in [-0.1, -0.05) is 17.3 Å². The summed E-state index contributed by atoms with van der Waals surface area (Å²) in [7, 11) is 1.76. The van der Waals surface area contributed by atoms with E-state index in [-0.39, 0.29) is 11.9 Å². The molecule has 0 aliphatic carbocycles. The van der Waals surface area contributed by atoms with E-state index in [0.29, 0.717) is 17.8 Å². The SMILES string of the molecule is Cc1ccc2c(C(=O)N(C)Cc3ccon3)cc(-c3cnn(C(C)C)c3)nc2c1. The average Bonchev–Trinajstić information content (AvgIpc) is 3.38. The van der Waals surface area contributed by atoms with Crippen molar-refractivity contribution in [2.24, 2.45) is 0 Å². The molecular formula is C22H23N5O2. The average molecular weight is 389 g/mol. The van der Waals surface area contributed by atoms with Crippen LogP contribution in [0.25, 0.3) is 22.2 Å². The van der Waals surface area contributed by atoms with Crippen LogP contribution in [0.4, 0.5) is 0 Å². The second-order valence-corrected chi connectivity index (χ2v) is 7.53. The molecule has 148 valence electrons. The maximum absolute atomic E-state index is 13.3. The number of hydrogen-bond acceptors (Lipinski definition) is 5. The summed E-state index contributed by atoms with van der Waals surface area (Å²) in [6, 6.07) is 9.80. The van der Waals surface area contributed by atoms with Gasteiger partial charge in [0.25, 0.3) is 5.91 Å². The molecule has 3 aromatic heterocycles. The Morgan fingerprint density at radius 2 is 2.07 bits per heavy atom. The molecule has 1 amide bonds. The van der Waals surface area contributed by atoms with Crippen LogP contribution >= 0.6 is 0 Å². The quantitative estimate of drug-likeness (QED) is 0.510. The molecule has 3 heterocycles. The van der Waals surface area contributed by atoms with Gasteiger partial charge in [0, 0.05) is 36.3 Å². The fourth-order valence-electron chi connectivity index (χ4n) is 3.26. The zero-order valence-corrected chi connectivity index (χ0v) is 17.0. The predicted molar refractivity (Wildman–Crippen MR) is 110 cm³/mol. The van der Waals surface area contributed by atoms with Crippen LogP contribution in [0.3, 0.4) is 0 Å². The Morgan fingerprint density at radius 1 is 1.24 bits per heavy atom. The monoisotopic (exact) mass is 389 g/mol. The van der Waals surface area contributed by atoms with Crippen LogP contribution in [-0.4, -0.2) is 37.8 Å². The van der Waals surface area contributed by atoms with E-state index in [1.807, 2.05) is 42.1 Å². The number of rotatable bonds is 5. The number of nitrogens with zero attached hydrogens (tertiary/aromatic N) is 5. The first kappa shape index (κ1) is 18.9. The Balaban J connectivity index is 1.79. The fraction of sp³-hybridized carbons (Fsp3) is 0.273. The lowest BCUT2D eigenvalue weighted by Gasteiger charge is -2.17. The summed E-state index contributed by atoms with van der Waals surface area (Å²) in [6.07, 6.45) is 5.25. The van der Waals surface area contributed by atoms with Crippen molar-refractivity contribution in [1.82, 2.24) is 24.8 Å². The minimum atomic E-state index is -0.0956. The highest BCUT2D eigenvalue weighted by Gasteiger charge is 2.19. The number of aryl methyl sites for hydroxylation is 1. The Kier molecular flexibility index (Phi) is 4.88. The Bertz CT molecular complexity index is 1160. The highest BCUT2D eigenvalue weighted by molar-refractivity contribution is 6.07. The third kappa shape index (κ3) is 3.76. The molecule has 0 N–H and O–H groups in total. The van der Waals surface area contributed by atoms with Gasteiger partial charge in [-0.3, -0.25) is 9.48 Å². The first-order valence-corrected chi connectivity index (χ1v) is 9.53. The third-order valence-corrected chi connectivity index (χ3v) is 4.86. The van der Waals surface area contributed by atoms with Crippen molar-refractivity contribution in [3.63, 3.8) is 0 Å². The summed E-state index contributed by atoms with van der Waals surface area (Å²) >= 11 is 0. The molecule has 1 aromatic carbocycles. The molecule has 0 fully saturated rings. The lowest BCUT2D eigenvalue weighted by Crippen LogP contribution is -2.26. The van der Waals surface area contributed by atoms with E-state index in [2.05, 4.69) is 24.1 Å². The molecule has 0 spiro atoms. The number of hydrogen-bond donors (Lipinski definition) is 0. The van der Waals surface area contributed by atoms with Gasteiger partial charge in [0.2, 0.25) is 0 Å². The molecule has 0 unspecified atom stereocenters. The summed E-state index contributed by atoms with van der Waals surface area (Å²) in [5, 5.41) is 9.14. The first-order valence-electron chi connectivity index (χ1n) is 9.53. The van der Waals surface area contributed by atoms with Crippen molar-refractivity contribution in [3.8, 4) is 11.3 Å². The summed E-state index contributed by atoms with van der Waals surface area (Å²) in [5.74, 6) is -0.0956. The van der Waals surface area contributed by atoms with E-state index in [4.69, 9.17) is 9.51 Å². The summed E-state index contributed by atoms with van der Waals surface area (Å²) in [4.78, 5) is 19.7. The van der Waals surface area contributed by atoms with Crippen LogP contribution in [0.5, 0.6) is 0 Å². The van der Waals surface area contributed by atoms with E-state index in [1.165, 1.54) is 6.26 Å². The number of carbonyl (C=O) groups excluding carboxylic acids is 1. The second kappa shape index (κ2) is 7.50. The molecule has 4 aromatic rings. The van der Waals surface area contributed by atoms with Crippen LogP contribution in [0, 0.1) is 6.92 Å². The van der Waals surface area contributed by atoms with Gasteiger partial charge < -0.3 is 9.42 Å². The van der Waals surface area contributed by atoms with E-state index >= 15 is 0 Å². The van der Waals surface area contributed by atoms with Gasteiger partial charge in [0.15, 0.2) is 0 Å².